The van der Waals surface area contributed by atoms with E-state index in [4.69, 9.17) is 17.3 Å². The van der Waals surface area contributed by atoms with Gasteiger partial charge in [0, 0.05) is 12.7 Å². The SMILES string of the molecule is CC1=C(N)C(Cl)=CNC1. The zero-order valence-corrected chi connectivity index (χ0v) is 6.00. The van der Waals surface area contributed by atoms with Crippen molar-refractivity contribution in [2.75, 3.05) is 6.54 Å². The summed E-state index contributed by atoms with van der Waals surface area (Å²) in [4.78, 5) is 0. The molecule has 0 amide bonds. The zero-order chi connectivity index (χ0) is 6.85. The Morgan fingerprint density at radius 3 is 2.89 bits per heavy atom. The van der Waals surface area contributed by atoms with E-state index in [2.05, 4.69) is 5.32 Å². The fourth-order valence-corrected chi connectivity index (χ4v) is 0.909. The van der Waals surface area contributed by atoms with Gasteiger partial charge >= 0.3 is 0 Å². The van der Waals surface area contributed by atoms with Crippen LogP contribution in [0.25, 0.3) is 0 Å². The second kappa shape index (κ2) is 2.31. The lowest BCUT2D eigenvalue weighted by atomic mass is 10.2. The predicted molar refractivity (Wildman–Crippen MR) is 38.8 cm³/mol. The Labute approximate surface area is 59.4 Å². The molecule has 2 nitrogen and oxygen atoms in total. The third-order valence-electron chi connectivity index (χ3n) is 1.31. The molecule has 9 heavy (non-hydrogen) atoms. The molecule has 1 aliphatic heterocycles. The van der Waals surface area contributed by atoms with Crippen LogP contribution in [-0.2, 0) is 0 Å². The van der Waals surface area contributed by atoms with Gasteiger partial charge in [0.25, 0.3) is 0 Å². The summed E-state index contributed by atoms with van der Waals surface area (Å²) in [5.41, 5.74) is 7.36. The van der Waals surface area contributed by atoms with Crippen LogP contribution in [0.15, 0.2) is 22.5 Å². The van der Waals surface area contributed by atoms with Crippen LogP contribution in [-0.4, -0.2) is 6.54 Å². The van der Waals surface area contributed by atoms with Crippen LogP contribution in [0.1, 0.15) is 6.92 Å². The number of allylic oxidation sites excluding steroid dienone is 1. The first kappa shape index (κ1) is 6.49. The van der Waals surface area contributed by atoms with Gasteiger partial charge < -0.3 is 11.1 Å². The molecule has 50 valence electrons. The molecule has 1 rings (SSSR count). The standard InChI is InChI=1S/C6H9ClN2/c1-4-2-9-3-5(7)6(4)8/h3,9H,2,8H2,1H3. The van der Waals surface area contributed by atoms with E-state index in [9.17, 15) is 0 Å². The minimum Gasteiger partial charge on any atom is -0.397 e. The molecule has 0 saturated carbocycles. The minimum absolute atomic E-state index is 0.610. The number of hydrogen-bond acceptors (Lipinski definition) is 2. The lowest BCUT2D eigenvalue weighted by Crippen LogP contribution is -2.19. The number of rotatable bonds is 0. The highest BCUT2D eigenvalue weighted by atomic mass is 35.5. The quantitative estimate of drug-likeness (QED) is 0.530. The Balaban J connectivity index is 2.88. The van der Waals surface area contributed by atoms with Crippen LogP contribution in [0.2, 0.25) is 0 Å². The van der Waals surface area contributed by atoms with Crippen LogP contribution in [0, 0.1) is 0 Å². The highest BCUT2D eigenvalue weighted by Crippen LogP contribution is 2.15. The van der Waals surface area contributed by atoms with E-state index in [-0.39, 0.29) is 0 Å². The lowest BCUT2D eigenvalue weighted by Gasteiger charge is -2.12. The summed E-state index contributed by atoms with van der Waals surface area (Å²) in [6, 6.07) is 0. The van der Waals surface area contributed by atoms with E-state index in [1.807, 2.05) is 6.92 Å². The summed E-state index contributed by atoms with van der Waals surface area (Å²) in [6.45, 7) is 2.76. The minimum atomic E-state index is 0.610. The summed E-state index contributed by atoms with van der Waals surface area (Å²) >= 11 is 5.68. The van der Waals surface area contributed by atoms with Gasteiger partial charge in [-0.2, -0.15) is 0 Å². The average Bonchev–Trinajstić information content (AvgIpc) is 1.83. The van der Waals surface area contributed by atoms with E-state index in [0.717, 1.165) is 12.1 Å². The van der Waals surface area contributed by atoms with E-state index in [1.54, 1.807) is 6.20 Å². The zero-order valence-electron chi connectivity index (χ0n) is 5.24. The topological polar surface area (TPSA) is 38.0 Å². The van der Waals surface area contributed by atoms with Gasteiger partial charge in [-0.05, 0) is 12.5 Å². The monoisotopic (exact) mass is 144 g/mol. The van der Waals surface area contributed by atoms with Crippen molar-refractivity contribution in [2.24, 2.45) is 5.73 Å². The molecular weight excluding hydrogens is 136 g/mol. The molecule has 0 aromatic rings. The maximum absolute atomic E-state index is 5.68. The van der Waals surface area contributed by atoms with Gasteiger partial charge in [0.05, 0.1) is 10.7 Å². The first-order valence-electron chi connectivity index (χ1n) is 2.76. The van der Waals surface area contributed by atoms with Crippen LogP contribution < -0.4 is 11.1 Å². The van der Waals surface area contributed by atoms with Crippen molar-refractivity contribution in [1.82, 2.24) is 5.32 Å². The van der Waals surface area contributed by atoms with E-state index in [0.29, 0.717) is 10.7 Å². The third kappa shape index (κ3) is 1.19. The number of nitrogens with one attached hydrogen (secondary N) is 1. The third-order valence-corrected chi connectivity index (χ3v) is 1.63. The smallest absolute Gasteiger partial charge is 0.0791 e. The molecule has 1 aliphatic rings. The summed E-state index contributed by atoms with van der Waals surface area (Å²) < 4.78 is 0. The van der Waals surface area contributed by atoms with Crippen molar-refractivity contribution in [3.05, 3.63) is 22.5 Å². The van der Waals surface area contributed by atoms with Crippen molar-refractivity contribution in [1.29, 1.82) is 0 Å². The summed E-state index contributed by atoms with van der Waals surface area (Å²) in [5.74, 6) is 0. The second-order valence-electron chi connectivity index (χ2n) is 2.07. The van der Waals surface area contributed by atoms with Gasteiger partial charge in [0.1, 0.15) is 0 Å². The normalized spacial score (nSPS) is 19.1. The summed E-state index contributed by atoms with van der Waals surface area (Å²) in [6.07, 6.45) is 1.71. The van der Waals surface area contributed by atoms with Gasteiger partial charge in [-0.25, -0.2) is 0 Å². The molecule has 0 atom stereocenters. The Morgan fingerprint density at radius 1 is 1.78 bits per heavy atom. The van der Waals surface area contributed by atoms with E-state index < -0.39 is 0 Å². The van der Waals surface area contributed by atoms with Crippen molar-refractivity contribution in [2.45, 2.75) is 6.92 Å². The van der Waals surface area contributed by atoms with E-state index >= 15 is 0 Å². The van der Waals surface area contributed by atoms with Gasteiger partial charge in [-0.1, -0.05) is 11.6 Å². The van der Waals surface area contributed by atoms with Crippen molar-refractivity contribution in [3.63, 3.8) is 0 Å². The second-order valence-corrected chi connectivity index (χ2v) is 2.47. The fourth-order valence-electron chi connectivity index (χ4n) is 0.671. The molecule has 0 aromatic carbocycles. The molecule has 0 unspecified atom stereocenters. The Bertz CT molecular complexity index is 181. The first-order valence-corrected chi connectivity index (χ1v) is 3.14. The summed E-state index contributed by atoms with van der Waals surface area (Å²) in [7, 11) is 0. The molecule has 3 N–H and O–H groups in total. The molecule has 0 spiro atoms. The van der Waals surface area contributed by atoms with Crippen LogP contribution in [0.3, 0.4) is 0 Å². The molecule has 1 heterocycles. The molecule has 0 fully saturated rings. The fraction of sp³-hybridized carbons (Fsp3) is 0.333. The first-order chi connectivity index (χ1) is 4.22. The molecule has 0 saturated heterocycles. The lowest BCUT2D eigenvalue weighted by molar-refractivity contribution is 0.893. The van der Waals surface area contributed by atoms with Crippen molar-refractivity contribution in [3.8, 4) is 0 Å². The molecule has 0 aliphatic carbocycles. The average molecular weight is 145 g/mol. The largest absolute Gasteiger partial charge is 0.397 e. The van der Waals surface area contributed by atoms with Crippen molar-refractivity contribution >= 4 is 11.6 Å². The van der Waals surface area contributed by atoms with Gasteiger partial charge in [0.2, 0.25) is 0 Å². The van der Waals surface area contributed by atoms with E-state index in [1.165, 1.54) is 0 Å². The number of hydrogen-bond donors (Lipinski definition) is 2. The molecular formula is C6H9ClN2. The Morgan fingerprint density at radius 2 is 2.44 bits per heavy atom. The predicted octanol–water partition coefficient (Wildman–Crippen LogP) is 0.903. The molecule has 0 aromatic heterocycles. The maximum atomic E-state index is 5.68. The highest BCUT2D eigenvalue weighted by molar-refractivity contribution is 6.32. The molecule has 0 radical (unpaired) electrons. The highest BCUT2D eigenvalue weighted by Gasteiger charge is 2.05. The van der Waals surface area contributed by atoms with Crippen LogP contribution >= 0.6 is 11.6 Å². The molecule has 0 bridgehead atoms. The van der Waals surface area contributed by atoms with Gasteiger partial charge in [-0.3, -0.25) is 0 Å². The van der Waals surface area contributed by atoms with Crippen LogP contribution in [0.5, 0.6) is 0 Å². The Hall–Kier alpha value is -0.630. The molecule has 3 heteroatoms. The van der Waals surface area contributed by atoms with Gasteiger partial charge in [-0.15, -0.1) is 0 Å². The number of nitrogens with two attached hydrogens (primary N) is 1. The maximum Gasteiger partial charge on any atom is 0.0791 e. The number of halogens is 1. The van der Waals surface area contributed by atoms with Gasteiger partial charge in [0.15, 0.2) is 0 Å². The summed E-state index contributed by atoms with van der Waals surface area (Å²) in [5, 5.41) is 3.59. The van der Waals surface area contributed by atoms with Crippen molar-refractivity contribution < 1.29 is 0 Å². The Kier molecular flexibility index (Phi) is 1.67. The van der Waals surface area contributed by atoms with Crippen LogP contribution in [0.4, 0.5) is 0 Å². The number of dihydropyridines is 1.